The highest BCUT2D eigenvalue weighted by molar-refractivity contribution is 5.95. The van der Waals surface area contributed by atoms with Gasteiger partial charge in [-0.1, -0.05) is 12.1 Å². The number of hydrogen-bond donors (Lipinski definition) is 3. The standard InChI is InChI=1S/C7H6O3.Al.H2O.2H/c8-6-4-2-1-3-5(6)7(9)10;;;;/h1-4,8H,(H,9,10);;1H2;;/q;+1;;;/p-1. The van der Waals surface area contributed by atoms with Crippen LogP contribution < -0.4 is 0 Å². The highest BCUT2D eigenvalue weighted by atomic mass is 27.1. The minimum Gasteiger partial charge on any atom is -0.521 e. The van der Waals surface area contributed by atoms with Crippen molar-refractivity contribution >= 4 is 22.6 Å². The van der Waals surface area contributed by atoms with E-state index in [2.05, 4.69) is 0 Å². The van der Waals surface area contributed by atoms with Crippen molar-refractivity contribution in [1.82, 2.24) is 0 Å². The smallest absolute Gasteiger partial charge is 0.407 e. The molecule has 0 bridgehead atoms. The molecule has 0 saturated carbocycles. The third-order valence-electron chi connectivity index (χ3n) is 1.13. The Morgan fingerprint density at radius 3 is 2.08 bits per heavy atom. The maximum Gasteiger partial charge on any atom is 0.407 e. The van der Waals surface area contributed by atoms with Crippen LogP contribution >= 0.6 is 0 Å². The third kappa shape index (κ3) is 2.93. The molecule has 0 fully saturated rings. The summed E-state index contributed by atoms with van der Waals surface area (Å²) >= 11 is 0.306. The highest BCUT2D eigenvalue weighted by Gasteiger charge is 2.05. The summed E-state index contributed by atoms with van der Waals surface area (Å²) in [5.74, 6) is -1.31. The maximum atomic E-state index is 10.3. The van der Waals surface area contributed by atoms with E-state index in [-0.39, 0.29) is 11.3 Å². The van der Waals surface area contributed by atoms with E-state index in [1.807, 2.05) is 0 Å². The summed E-state index contributed by atoms with van der Waals surface area (Å²) in [4.78, 5) is 10.3. The van der Waals surface area contributed by atoms with Crippen LogP contribution in [0.4, 0.5) is 0 Å². The molecule has 0 radical (unpaired) electrons. The lowest BCUT2D eigenvalue weighted by Gasteiger charge is -1.95. The van der Waals surface area contributed by atoms with E-state index in [9.17, 15) is 4.79 Å². The monoisotopic (exact) mass is 184 g/mol. The van der Waals surface area contributed by atoms with Gasteiger partial charge in [-0.2, -0.15) is 0 Å². The number of hydrogen-bond acceptors (Lipinski definition) is 3. The molecule has 1 aromatic rings. The predicted octanol–water partition coefficient (Wildman–Crippen LogP) is -0.383. The molecule has 0 aliphatic rings. The number of carboxylic acid groups (broad SMARTS) is 1. The first kappa shape index (κ1) is 11.0. The lowest BCUT2D eigenvalue weighted by molar-refractivity contribution is 0.0694. The first-order valence-electron chi connectivity index (χ1n) is 3.18. The third-order valence-corrected chi connectivity index (χ3v) is 1.13. The van der Waals surface area contributed by atoms with Gasteiger partial charge in [0.05, 0.1) is 0 Å². The van der Waals surface area contributed by atoms with E-state index < -0.39 is 5.97 Å². The number of aromatic carboxylic acids is 1. The normalized spacial score (nSPS) is 8.08. The van der Waals surface area contributed by atoms with Gasteiger partial charge >= 0.3 is 22.6 Å². The molecule has 3 N–H and O–H groups in total. The van der Waals surface area contributed by atoms with E-state index in [1.165, 1.54) is 12.1 Å². The summed E-state index contributed by atoms with van der Waals surface area (Å²) in [6, 6.07) is 5.81. The quantitative estimate of drug-likeness (QED) is 0.520. The maximum absolute atomic E-state index is 10.3. The molecule has 0 amide bonds. The number of phenols is 1. The number of carboxylic acids is 1. The fraction of sp³-hybridized carbons (Fsp3) is 0. The van der Waals surface area contributed by atoms with Gasteiger partial charge in [0.2, 0.25) is 0 Å². The Bertz CT molecular complexity index is 261. The Balaban J connectivity index is 0.000000561. The van der Waals surface area contributed by atoms with E-state index >= 15 is 0 Å². The molecule has 0 aliphatic carbocycles. The van der Waals surface area contributed by atoms with Crippen molar-refractivity contribution in [2.24, 2.45) is 0 Å². The lowest BCUT2D eigenvalue weighted by atomic mass is 10.2. The number of benzene rings is 1. The second-order valence-electron chi connectivity index (χ2n) is 1.82. The van der Waals surface area contributed by atoms with E-state index in [0.717, 1.165) is 0 Å². The van der Waals surface area contributed by atoms with Crippen LogP contribution in [0.25, 0.3) is 0 Å². The van der Waals surface area contributed by atoms with Crippen molar-refractivity contribution < 1.29 is 19.2 Å². The zero-order valence-corrected chi connectivity index (χ0v) is 8.56. The van der Waals surface area contributed by atoms with Crippen LogP contribution in [0, 0.1) is 0 Å². The van der Waals surface area contributed by atoms with Gasteiger partial charge in [0, 0.05) is 0 Å². The Kier molecular flexibility index (Phi) is 5.13. The van der Waals surface area contributed by atoms with Crippen LogP contribution in [0.3, 0.4) is 0 Å². The summed E-state index contributed by atoms with van der Waals surface area (Å²) in [5.41, 5.74) is -0.0671. The van der Waals surface area contributed by atoms with Crippen LogP contribution in [-0.2, 0) is 0 Å². The molecule has 0 saturated heterocycles. The van der Waals surface area contributed by atoms with Crippen LogP contribution in [0.2, 0.25) is 0 Å². The van der Waals surface area contributed by atoms with Crippen molar-refractivity contribution in [1.29, 1.82) is 0 Å². The van der Waals surface area contributed by atoms with Crippen LogP contribution in [0.1, 0.15) is 10.4 Å². The minimum atomic E-state index is -1.11. The molecule has 0 spiro atoms. The van der Waals surface area contributed by atoms with Crippen LogP contribution in [-0.4, -0.2) is 37.0 Å². The van der Waals surface area contributed by atoms with Crippen molar-refractivity contribution in [2.75, 3.05) is 0 Å². The number of aromatic hydroxyl groups is 1. The summed E-state index contributed by atoms with van der Waals surface area (Å²) in [5, 5.41) is 17.3. The van der Waals surface area contributed by atoms with E-state index in [0.29, 0.717) is 16.6 Å². The van der Waals surface area contributed by atoms with Crippen molar-refractivity contribution in [3.05, 3.63) is 29.8 Å². The van der Waals surface area contributed by atoms with E-state index in [4.69, 9.17) is 14.4 Å². The molecule has 0 heterocycles. The first-order chi connectivity index (χ1) is 5.72. The first-order valence-corrected chi connectivity index (χ1v) is 4.07. The SMILES string of the molecule is O=C(O)c1ccccc1O.[OH][AlH2]. The molecule has 0 atom stereocenters. The molecule has 64 valence electrons. The fourth-order valence-corrected chi connectivity index (χ4v) is 0.654. The minimum absolute atomic E-state index is 0.0671. The van der Waals surface area contributed by atoms with Crippen LogP contribution in [0.15, 0.2) is 24.3 Å². The fourth-order valence-electron chi connectivity index (χ4n) is 0.654. The summed E-state index contributed by atoms with van der Waals surface area (Å²) in [7, 11) is 0. The molecular weight excluding hydrogens is 175 g/mol. The molecule has 4 nitrogen and oxygen atoms in total. The van der Waals surface area contributed by atoms with Crippen molar-refractivity contribution in [3.8, 4) is 5.75 Å². The Labute approximate surface area is 77.8 Å². The van der Waals surface area contributed by atoms with Crippen LogP contribution in [0.5, 0.6) is 5.75 Å². The van der Waals surface area contributed by atoms with Gasteiger partial charge < -0.3 is 14.4 Å². The molecule has 5 heteroatoms. The summed E-state index contributed by atoms with van der Waals surface area (Å²) in [6.07, 6.45) is 0. The molecule has 0 unspecified atom stereocenters. The Morgan fingerprint density at radius 1 is 1.25 bits per heavy atom. The lowest BCUT2D eigenvalue weighted by Crippen LogP contribution is -1.95. The average molecular weight is 184 g/mol. The molecule has 1 rings (SSSR count). The van der Waals surface area contributed by atoms with Crippen molar-refractivity contribution in [2.45, 2.75) is 0 Å². The van der Waals surface area contributed by atoms with Gasteiger partial charge in [-0.25, -0.2) is 4.79 Å². The van der Waals surface area contributed by atoms with Gasteiger partial charge in [-0.05, 0) is 12.1 Å². The molecule has 12 heavy (non-hydrogen) atoms. The Morgan fingerprint density at radius 2 is 1.75 bits per heavy atom. The summed E-state index contributed by atoms with van der Waals surface area (Å²) in [6.45, 7) is 0. The number of carbonyl (C=O) groups is 1. The van der Waals surface area contributed by atoms with Gasteiger partial charge in [0.25, 0.3) is 0 Å². The Hall–Kier alpha value is -1.02. The van der Waals surface area contributed by atoms with Crippen molar-refractivity contribution in [3.63, 3.8) is 0 Å². The molecule has 0 aliphatic heterocycles. The van der Waals surface area contributed by atoms with Gasteiger partial charge in [-0.3, -0.25) is 0 Å². The number of para-hydroxylation sites is 1. The van der Waals surface area contributed by atoms with Gasteiger partial charge in [-0.15, -0.1) is 0 Å². The van der Waals surface area contributed by atoms with E-state index in [1.54, 1.807) is 12.1 Å². The second-order valence-corrected chi connectivity index (χ2v) is 1.82. The largest absolute Gasteiger partial charge is 0.521 e. The summed E-state index contributed by atoms with van der Waals surface area (Å²) < 4.78 is 7.14. The molecule has 0 aromatic heterocycles. The van der Waals surface area contributed by atoms with Gasteiger partial charge in [0.15, 0.2) is 0 Å². The van der Waals surface area contributed by atoms with Gasteiger partial charge in [0.1, 0.15) is 11.3 Å². The molecule has 1 aromatic carbocycles. The predicted molar refractivity (Wildman–Crippen MR) is 45.8 cm³/mol. The molecular formula is C7H9AlO4. The zero-order valence-electron chi connectivity index (χ0n) is 6.56. The highest BCUT2D eigenvalue weighted by Crippen LogP contribution is 2.14. The average Bonchev–Trinajstić information content (AvgIpc) is 2.08. The second kappa shape index (κ2) is 5.61. The topological polar surface area (TPSA) is 77.8 Å². The number of rotatable bonds is 1. The zero-order chi connectivity index (χ0) is 9.56.